The molecule has 0 saturated heterocycles. The van der Waals surface area contributed by atoms with E-state index in [2.05, 4.69) is 0 Å². The summed E-state index contributed by atoms with van der Waals surface area (Å²) < 4.78 is 11.6. The van der Waals surface area contributed by atoms with Gasteiger partial charge >= 0.3 is 0 Å². The molecule has 0 N–H and O–H groups in total. The van der Waals surface area contributed by atoms with E-state index in [9.17, 15) is 4.79 Å². The van der Waals surface area contributed by atoms with E-state index in [1.54, 1.807) is 25.1 Å². The molecule has 110 valence electrons. The summed E-state index contributed by atoms with van der Waals surface area (Å²) in [6.07, 6.45) is 2.50. The highest BCUT2D eigenvalue weighted by molar-refractivity contribution is 5.97. The van der Waals surface area contributed by atoms with Crippen LogP contribution in [0.1, 0.15) is 44.0 Å². The highest BCUT2D eigenvalue weighted by atomic mass is 16.5. The lowest BCUT2D eigenvalue weighted by Crippen LogP contribution is -2.27. The molecule has 0 heterocycles. The van der Waals surface area contributed by atoms with Gasteiger partial charge in [-0.15, -0.1) is 0 Å². The van der Waals surface area contributed by atoms with Crippen LogP contribution in [0.15, 0.2) is 18.2 Å². The van der Waals surface area contributed by atoms with Crippen molar-refractivity contribution < 1.29 is 14.3 Å². The minimum atomic E-state index is -0.347. The molecule has 1 aromatic rings. The Labute approximate surface area is 120 Å². The standard InChI is InChI=1S/C16H23NO3/c1-16(2,3)20-14-9-8-12(19-11-6-7-11)10-13(14)15(18)17(4)5/h8-11H,6-7H2,1-5H3. The van der Waals surface area contributed by atoms with Gasteiger partial charge in [0.05, 0.1) is 11.7 Å². The van der Waals surface area contributed by atoms with Crippen molar-refractivity contribution in [3.63, 3.8) is 0 Å². The summed E-state index contributed by atoms with van der Waals surface area (Å²) in [6.45, 7) is 5.89. The van der Waals surface area contributed by atoms with Crippen LogP contribution in [0, 0.1) is 0 Å². The Morgan fingerprint density at radius 2 is 1.90 bits per heavy atom. The number of carbonyl (C=O) groups excluding carboxylic acids is 1. The van der Waals surface area contributed by atoms with Gasteiger partial charge in [-0.25, -0.2) is 0 Å². The molecule has 2 rings (SSSR count). The third kappa shape index (κ3) is 3.89. The predicted molar refractivity (Wildman–Crippen MR) is 78.5 cm³/mol. The van der Waals surface area contributed by atoms with Crippen LogP contribution >= 0.6 is 0 Å². The van der Waals surface area contributed by atoms with Crippen molar-refractivity contribution in [2.45, 2.75) is 45.3 Å². The maximum Gasteiger partial charge on any atom is 0.257 e. The van der Waals surface area contributed by atoms with Crippen LogP contribution in [0.2, 0.25) is 0 Å². The van der Waals surface area contributed by atoms with Gasteiger partial charge in [0.15, 0.2) is 0 Å². The minimum absolute atomic E-state index is 0.0782. The molecule has 0 radical (unpaired) electrons. The number of amides is 1. The number of benzene rings is 1. The molecule has 20 heavy (non-hydrogen) atoms. The summed E-state index contributed by atoms with van der Waals surface area (Å²) in [5.41, 5.74) is 0.197. The Balaban J connectivity index is 2.31. The number of hydrogen-bond acceptors (Lipinski definition) is 3. The highest BCUT2D eigenvalue weighted by Crippen LogP contribution is 2.32. The van der Waals surface area contributed by atoms with Gasteiger partial charge < -0.3 is 14.4 Å². The smallest absolute Gasteiger partial charge is 0.257 e. The van der Waals surface area contributed by atoms with E-state index in [1.165, 1.54) is 0 Å². The van der Waals surface area contributed by atoms with Crippen LogP contribution in [0.3, 0.4) is 0 Å². The zero-order chi connectivity index (χ0) is 14.9. The fourth-order valence-corrected chi connectivity index (χ4v) is 1.79. The first-order valence-electron chi connectivity index (χ1n) is 6.97. The zero-order valence-electron chi connectivity index (χ0n) is 12.9. The Morgan fingerprint density at radius 1 is 1.25 bits per heavy atom. The van der Waals surface area contributed by atoms with Crippen LogP contribution < -0.4 is 9.47 Å². The van der Waals surface area contributed by atoms with Crippen LogP contribution in [0.4, 0.5) is 0 Å². The number of ether oxygens (including phenoxy) is 2. The molecule has 0 atom stereocenters. The topological polar surface area (TPSA) is 38.8 Å². The van der Waals surface area contributed by atoms with Crippen LogP contribution in [0.5, 0.6) is 11.5 Å². The number of nitrogens with zero attached hydrogens (tertiary/aromatic N) is 1. The van der Waals surface area contributed by atoms with Gasteiger partial charge in [0, 0.05) is 14.1 Å². The van der Waals surface area contributed by atoms with Gasteiger partial charge in [0.2, 0.25) is 0 Å². The molecular formula is C16H23NO3. The van der Waals surface area contributed by atoms with Crippen molar-refractivity contribution in [2.75, 3.05) is 14.1 Å². The van der Waals surface area contributed by atoms with E-state index in [1.807, 2.05) is 32.9 Å². The Kier molecular flexibility index (Phi) is 3.93. The third-order valence-corrected chi connectivity index (χ3v) is 2.83. The molecule has 1 aromatic carbocycles. The molecule has 4 heteroatoms. The fraction of sp³-hybridized carbons (Fsp3) is 0.562. The first kappa shape index (κ1) is 14.7. The lowest BCUT2D eigenvalue weighted by molar-refractivity contribution is 0.0809. The predicted octanol–water partition coefficient (Wildman–Crippen LogP) is 3.11. The van der Waals surface area contributed by atoms with Crippen molar-refractivity contribution in [3.05, 3.63) is 23.8 Å². The SMILES string of the molecule is CN(C)C(=O)c1cc(OC2CC2)ccc1OC(C)(C)C. The molecular weight excluding hydrogens is 254 g/mol. The summed E-state index contributed by atoms with van der Waals surface area (Å²) in [6, 6.07) is 5.47. The average Bonchev–Trinajstić information content (AvgIpc) is 3.12. The van der Waals surface area contributed by atoms with Crippen LogP contribution in [-0.4, -0.2) is 36.6 Å². The van der Waals surface area contributed by atoms with E-state index in [0.717, 1.165) is 18.6 Å². The lowest BCUT2D eigenvalue weighted by atomic mass is 10.1. The Hall–Kier alpha value is -1.71. The zero-order valence-corrected chi connectivity index (χ0v) is 12.9. The molecule has 1 aliphatic carbocycles. The van der Waals surface area contributed by atoms with E-state index < -0.39 is 0 Å². The Bertz CT molecular complexity index is 499. The molecule has 1 aliphatic rings. The van der Waals surface area contributed by atoms with E-state index in [0.29, 0.717) is 17.4 Å². The van der Waals surface area contributed by atoms with Gasteiger partial charge in [-0.1, -0.05) is 0 Å². The fourth-order valence-electron chi connectivity index (χ4n) is 1.79. The first-order chi connectivity index (χ1) is 9.26. The van der Waals surface area contributed by atoms with Crippen molar-refractivity contribution in [1.29, 1.82) is 0 Å². The monoisotopic (exact) mass is 277 g/mol. The molecule has 0 aromatic heterocycles. The minimum Gasteiger partial charge on any atom is -0.490 e. The van der Waals surface area contributed by atoms with Gasteiger partial charge in [-0.05, 0) is 51.8 Å². The van der Waals surface area contributed by atoms with E-state index in [-0.39, 0.29) is 11.5 Å². The quantitative estimate of drug-likeness (QED) is 0.849. The van der Waals surface area contributed by atoms with Crippen molar-refractivity contribution >= 4 is 5.91 Å². The molecule has 0 unspecified atom stereocenters. The molecule has 1 saturated carbocycles. The van der Waals surface area contributed by atoms with Crippen molar-refractivity contribution in [2.24, 2.45) is 0 Å². The average molecular weight is 277 g/mol. The maximum atomic E-state index is 12.3. The molecule has 4 nitrogen and oxygen atoms in total. The van der Waals surface area contributed by atoms with Crippen molar-refractivity contribution in [1.82, 2.24) is 4.90 Å². The molecule has 0 bridgehead atoms. The summed E-state index contributed by atoms with van der Waals surface area (Å²) in [7, 11) is 3.47. The largest absolute Gasteiger partial charge is 0.490 e. The summed E-state index contributed by atoms with van der Waals surface area (Å²) >= 11 is 0. The molecule has 1 amide bonds. The second-order valence-corrected chi connectivity index (χ2v) is 6.39. The van der Waals surface area contributed by atoms with E-state index >= 15 is 0 Å². The normalized spacial score (nSPS) is 14.8. The number of rotatable bonds is 4. The summed E-state index contributed by atoms with van der Waals surface area (Å²) in [5, 5.41) is 0. The third-order valence-electron chi connectivity index (χ3n) is 2.83. The van der Waals surface area contributed by atoms with Gasteiger partial charge in [-0.3, -0.25) is 4.79 Å². The first-order valence-corrected chi connectivity index (χ1v) is 6.97. The summed E-state index contributed by atoms with van der Waals surface area (Å²) in [5.74, 6) is 1.25. The second-order valence-electron chi connectivity index (χ2n) is 6.39. The second kappa shape index (κ2) is 5.35. The summed E-state index contributed by atoms with van der Waals surface area (Å²) in [4.78, 5) is 13.8. The lowest BCUT2D eigenvalue weighted by Gasteiger charge is -2.24. The number of carbonyl (C=O) groups is 1. The number of hydrogen-bond donors (Lipinski definition) is 0. The molecule has 0 aliphatic heterocycles. The van der Waals surface area contributed by atoms with Crippen LogP contribution in [0.25, 0.3) is 0 Å². The van der Waals surface area contributed by atoms with E-state index in [4.69, 9.17) is 9.47 Å². The van der Waals surface area contributed by atoms with Gasteiger partial charge in [0.1, 0.15) is 17.1 Å². The van der Waals surface area contributed by atoms with Gasteiger partial charge in [-0.2, -0.15) is 0 Å². The Morgan fingerprint density at radius 3 is 2.40 bits per heavy atom. The van der Waals surface area contributed by atoms with Crippen molar-refractivity contribution in [3.8, 4) is 11.5 Å². The van der Waals surface area contributed by atoms with Gasteiger partial charge in [0.25, 0.3) is 5.91 Å². The van der Waals surface area contributed by atoms with Crippen LogP contribution in [-0.2, 0) is 0 Å². The highest BCUT2D eigenvalue weighted by Gasteiger charge is 2.25. The maximum absolute atomic E-state index is 12.3. The molecule has 1 fully saturated rings. The molecule has 0 spiro atoms.